The van der Waals surface area contributed by atoms with E-state index in [9.17, 15) is 4.79 Å². The largest absolute Gasteiger partial charge is 0.458 e. The second kappa shape index (κ2) is 7.01. The number of hydrogen-bond donors (Lipinski definition) is 0. The first kappa shape index (κ1) is 14.5. The van der Waals surface area contributed by atoms with Crippen molar-refractivity contribution in [3.8, 4) is 0 Å². The van der Waals surface area contributed by atoms with E-state index in [2.05, 4.69) is 11.9 Å². The van der Waals surface area contributed by atoms with Crippen LogP contribution in [0.4, 0.5) is 0 Å². The van der Waals surface area contributed by atoms with Gasteiger partial charge in [0.05, 0.1) is 17.7 Å². The molecule has 0 saturated heterocycles. The fourth-order valence-electron chi connectivity index (χ4n) is 2.39. The molecule has 1 aliphatic rings. The highest BCUT2D eigenvalue weighted by atomic mass is 32.1. The molecule has 5 heteroatoms. The molecule has 19 heavy (non-hydrogen) atoms. The molecular formula is C14H21NO3S. The predicted octanol–water partition coefficient (Wildman–Crippen LogP) is 3.20. The van der Waals surface area contributed by atoms with Gasteiger partial charge in [-0.1, -0.05) is 19.8 Å². The van der Waals surface area contributed by atoms with E-state index in [0.717, 1.165) is 11.4 Å². The number of ether oxygens (including phenoxy) is 2. The van der Waals surface area contributed by atoms with Crippen molar-refractivity contribution in [3.05, 3.63) is 16.1 Å². The predicted molar refractivity (Wildman–Crippen MR) is 74.5 cm³/mol. The second-order valence-electron chi connectivity index (χ2n) is 5.06. The minimum atomic E-state index is -0.357. The van der Waals surface area contributed by atoms with Crippen LogP contribution in [-0.4, -0.2) is 30.3 Å². The van der Waals surface area contributed by atoms with Crippen LogP contribution in [0.15, 0.2) is 5.38 Å². The highest BCUT2D eigenvalue weighted by Crippen LogP contribution is 2.26. The Morgan fingerprint density at radius 1 is 1.42 bits per heavy atom. The van der Waals surface area contributed by atoms with Crippen LogP contribution in [0.3, 0.4) is 0 Å². The summed E-state index contributed by atoms with van der Waals surface area (Å²) in [6, 6.07) is 0. The zero-order valence-electron chi connectivity index (χ0n) is 11.6. The van der Waals surface area contributed by atoms with Crippen molar-refractivity contribution >= 4 is 17.3 Å². The van der Waals surface area contributed by atoms with Crippen LogP contribution >= 0.6 is 11.3 Å². The molecule has 1 heterocycles. The summed E-state index contributed by atoms with van der Waals surface area (Å²) in [5, 5.41) is 2.60. The number of aryl methyl sites for hydroxylation is 1. The molecular weight excluding hydrogens is 262 g/mol. The number of esters is 1. The van der Waals surface area contributed by atoms with Crippen LogP contribution in [-0.2, 0) is 9.47 Å². The number of nitrogens with zero attached hydrogens (tertiary/aromatic N) is 1. The fourth-order valence-corrected chi connectivity index (χ4v) is 2.98. The molecule has 1 saturated carbocycles. The zero-order chi connectivity index (χ0) is 13.7. The van der Waals surface area contributed by atoms with Crippen LogP contribution in [0.5, 0.6) is 0 Å². The Labute approximate surface area is 118 Å². The summed E-state index contributed by atoms with van der Waals surface area (Å²) >= 11 is 1.45. The molecule has 0 radical (unpaired) electrons. The normalized spacial score (nSPS) is 23.3. The first-order chi connectivity index (χ1) is 9.16. The Kier molecular flexibility index (Phi) is 5.34. The molecule has 0 N–H and O–H groups in total. The van der Waals surface area contributed by atoms with Gasteiger partial charge in [-0.3, -0.25) is 0 Å². The van der Waals surface area contributed by atoms with Crippen molar-refractivity contribution in [1.82, 2.24) is 4.98 Å². The van der Waals surface area contributed by atoms with Gasteiger partial charge in [0, 0.05) is 5.38 Å². The third-order valence-electron chi connectivity index (χ3n) is 3.51. The van der Waals surface area contributed by atoms with Crippen molar-refractivity contribution in [3.63, 3.8) is 0 Å². The quantitative estimate of drug-likeness (QED) is 0.615. The molecule has 2 atom stereocenters. The van der Waals surface area contributed by atoms with Crippen molar-refractivity contribution in [2.45, 2.75) is 45.6 Å². The number of carbonyl (C=O) groups is 1. The second-order valence-corrected chi connectivity index (χ2v) is 6.12. The third kappa shape index (κ3) is 4.28. The lowest BCUT2D eigenvalue weighted by Gasteiger charge is -2.28. The SMILES string of the molecule is Cc1nc(C(=O)OCCO[C@@H]2CCCC[C@H]2C)cs1. The summed E-state index contributed by atoms with van der Waals surface area (Å²) < 4.78 is 10.9. The lowest BCUT2D eigenvalue weighted by molar-refractivity contribution is -0.0272. The van der Waals surface area contributed by atoms with Crippen molar-refractivity contribution < 1.29 is 14.3 Å². The average Bonchev–Trinajstić information content (AvgIpc) is 2.83. The summed E-state index contributed by atoms with van der Waals surface area (Å²) in [5.74, 6) is 0.260. The molecule has 0 aromatic carbocycles. The van der Waals surface area contributed by atoms with Gasteiger partial charge in [-0.05, 0) is 25.7 Å². The lowest BCUT2D eigenvalue weighted by Crippen LogP contribution is -2.27. The van der Waals surface area contributed by atoms with E-state index in [-0.39, 0.29) is 5.97 Å². The Morgan fingerprint density at radius 2 is 2.21 bits per heavy atom. The molecule has 0 amide bonds. The maximum atomic E-state index is 11.6. The molecule has 0 aliphatic heterocycles. The van der Waals surface area contributed by atoms with E-state index in [1.165, 1.54) is 30.6 Å². The molecule has 0 unspecified atom stereocenters. The van der Waals surface area contributed by atoms with Crippen molar-refractivity contribution in [2.24, 2.45) is 5.92 Å². The Balaban J connectivity index is 1.65. The van der Waals surface area contributed by atoms with Gasteiger partial charge in [-0.2, -0.15) is 0 Å². The summed E-state index contributed by atoms with van der Waals surface area (Å²) in [6.45, 7) is 4.88. The Bertz CT molecular complexity index is 419. The maximum absolute atomic E-state index is 11.6. The average molecular weight is 283 g/mol. The van der Waals surface area contributed by atoms with Crippen molar-refractivity contribution in [1.29, 1.82) is 0 Å². The van der Waals surface area contributed by atoms with Crippen LogP contribution < -0.4 is 0 Å². The molecule has 1 aliphatic carbocycles. The standard InChI is InChI=1S/C14H21NO3S/c1-10-5-3-4-6-13(10)17-7-8-18-14(16)12-9-19-11(2)15-12/h9-10,13H,3-8H2,1-2H3/t10-,13-/m1/s1. The van der Waals surface area contributed by atoms with Gasteiger partial charge in [0.2, 0.25) is 0 Å². The highest BCUT2D eigenvalue weighted by Gasteiger charge is 2.21. The van der Waals surface area contributed by atoms with E-state index < -0.39 is 0 Å². The zero-order valence-corrected chi connectivity index (χ0v) is 12.4. The van der Waals surface area contributed by atoms with Gasteiger partial charge in [0.15, 0.2) is 5.69 Å². The van der Waals surface area contributed by atoms with Crippen LogP contribution in [0.2, 0.25) is 0 Å². The monoisotopic (exact) mass is 283 g/mol. The molecule has 106 valence electrons. The smallest absolute Gasteiger partial charge is 0.357 e. The summed E-state index contributed by atoms with van der Waals surface area (Å²) in [4.78, 5) is 15.7. The molecule has 1 fully saturated rings. The van der Waals surface area contributed by atoms with Gasteiger partial charge in [-0.25, -0.2) is 9.78 Å². The van der Waals surface area contributed by atoms with E-state index in [1.807, 2.05) is 6.92 Å². The summed E-state index contributed by atoms with van der Waals surface area (Å²) in [5.41, 5.74) is 0.397. The number of hydrogen-bond acceptors (Lipinski definition) is 5. The fraction of sp³-hybridized carbons (Fsp3) is 0.714. The Hall–Kier alpha value is -0.940. The van der Waals surface area contributed by atoms with Crippen LogP contribution in [0.25, 0.3) is 0 Å². The highest BCUT2D eigenvalue weighted by molar-refractivity contribution is 7.09. The minimum Gasteiger partial charge on any atom is -0.458 e. The molecule has 2 rings (SSSR count). The number of aromatic nitrogens is 1. The molecule has 1 aromatic heterocycles. The first-order valence-corrected chi connectivity index (χ1v) is 7.75. The molecule has 1 aromatic rings. The summed E-state index contributed by atoms with van der Waals surface area (Å²) in [7, 11) is 0. The lowest BCUT2D eigenvalue weighted by atomic mass is 9.88. The van der Waals surface area contributed by atoms with Gasteiger partial charge in [0.25, 0.3) is 0 Å². The maximum Gasteiger partial charge on any atom is 0.357 e. The first-order valence-electron chi connectivity index (χ1n) is 6.87. The van der Waals surface area contributed by atoms with E-state index in [1.54, 1.807) is 5.38 Å². The van der Waals surface area contributed by atoms with E-state index >= 15 is 0 Å². The van der Waals surface area contributed by atoms with Gasteiger partial charge in [0.1, 0.15) is 6.61 Å². The van der Waals surface area contributed by atoms with Crippen LogP contribution in [0, 0.1) is 12.8 Å². The molecule has 4 nitrogen and oxygen atoms in total. The summed E-state index contributed by atoms with van der Waals surface area (Å²) in [6.07, 6.45) is 5.24. The topological polar surface area (TPSA) is 48.4 Å². The number of rotatable bonds is 5. The van der Waals surface area contributed by atoms with Gasteiger partial charge in [-0.15, -0.1) is 11.3 Å². The van der Waals surface area contributed by atoms with Gasteiger partial charge >= 0.3 is 5.97 Å². The third-order valence-corrected chi connectivity index (χ3v) is 4.28. The molecule has 0 bridgehead atoms. The minimum absolute atomic E-state index is 0.304. The van der Waals surface area contributed by atoms with Crippen molar-refractivity contribution in [2.75, 3.05) is 13.2 Å². The Morgan fingerprint density at radius 3 is 2.89 bits per heavy atom. The molecule has 0 spiro atoms. The van der Waals surface area contributed by atoms with Gasteiger partial charge < -0.3 is 9.47 Å². The van der Waals surface area contributed by atoms with E-state index in [0.29, 0.717) is 30.9 Å². The van der Waals surface area contributed by atoms with Crippen LogP contribution in [0.1, 0.15) is 48.1 Å². The van der Waals surface area contributed by atoms with E-state index in [4.69, 9.17) is 9.47 Å². The number of thiazole rings is 1. The number of carbonyl (C=O) groups excluding carboxylic acids is 1.